The maximum absolute atomic E-state index is 13.5. The Hall–Kier alpha value is -2.31. The van der Waals surface area contributed by atoms with Gasteiger partial charge in [-0.1, -0.05) is 49.6 Å². The molecule has 2 heterocycles. The van der Waals surface area contributed by atoms with Crippen molar-refractivity contribution in [1.82, 2.24) is 9.97 Å². The molecule has 1 aromatic heterocycles. The summed E-state index contributed by atoms with van der Waals surface area (Å²) in [5.74, 6) is 0.285. The SMILES string of the molecule is C[N@+]1(CCc2ncccn2)CCCC(OC(=O)C(O)(c2ccccc2)C2CCCCC2)C1. The molecular weight excluding hydrogens is 402 g/mol. The first-order valence-corrected chi connectivity index (χ1v) is 12.1. The van der Waals surface area contributed by atoms with Crippen LogP contribution in [-0.2, 0) is 21.6 Å². The fourth-order valence-electron chi connectivity index (χ4n) is 5.48. The first-order valence-electron chi connectivity index (χ1n) is 12.1. The molecule has 32 heavy (non-hydrogen) atoms. The van der Waals surface area contributed by atoms with Gasteiger partial charge in [0.15, 0.2) is 11.7 Å². The fourth-order valence-corrected chi connectivity index (χ4v) is 5.48. The second-order valence-electron chi connectivity index (χ2n) is 9.80. The molecule has 0 bridgehead atoms. The lowest BCUT2D eigenvalue weighted by molar-refractivity contribution is -0.916. The number of nitrogens with zero attached hydrogens (tertiary/aromatic N) is 3. The molecule has 0 spiro atoms. The Labute approximate surface area is 191 Å². The molecule has 6 heteroatoms. The lowest BCUT2D eigenvalue weighted by Crippen LogP contribution is -2.56. The Kier molecular flexibility index (Phi) is 7.21. The van der Waals surface area contributed by atoms with E-state index >= 15 is 0 Å². The van der Waals surface area contributed by atoms with Crippen LogP contribution in [0.5, 0.6) is 0 Å². The number of aromatic nitrogens is 2. The number of hydrogen-bond donors (Lipinski definition) is 1. The van der Waals surface area contributed by atoms with Gasteiger partial charge < -0.3 is 14.3 Å². The van der Waals surface area contributed by atoms with Crippen molar-refractivity contribution in [2.45, 2.75) is 63.1 Å². The van der Waals surface area contributed by atoms with E-state index in [1.165, 1.54) is 6.42 Å². The summed E-state index contributed by atoms with van der Waals surface area (Å²) in [6.45, 7) is 2.71. The van der Waals surface area contributed by atoms with Gasteiger partial charge in [0, 0.05) is 24.7 Å². The number of piperidine rings is 1. The zero-order valence-corrected chi connectivity index (χ0v) is 19.2. The zero-order chi connectivity index (χ0) is 22.4. The Morgan fingerprint density at radius 3 is 2.50 bits per heavy atom. The van der Waals surface area contributed by atoms with E-state index in [0.717, 1.165) is 74.9 Å². The van der Waals surface area contributed by atoms with Crippen molar-refractivity contribution in [2.75, 3.05) is 26.7 Å². The van der Waals surface area contributed by atoms with E-state index in [1.54, 1.807) is 12.4 Å². The molecule has 2 aromatic rings. The number of ether oxygens (including phenoxy) is 1. The highest BCUT2D eigenvalue weighted by atomic mass is 16.6. The second-order valence-corrected chi connectivity index (χ2v) is 9.80. The third-order valence-electron chi connectivity index (χ3n) is 7.36. The standard InChI is InChI=1S/C26H36N3O3/c1-29(19-15-24-27-16-9-17-28-24)18-8-14-23(20-29)32-25(30)26(31,21-10-4-2-5-11-21)22-12-6-3-7-13-22/h2,4-5,9-11,16-17,22-23,31H,3,6-8,12-15,18-20H2,1H3/q+1/t23?,26?,29-/m1/s1. The van der Waals surface area contributed by atoms with Gasteiger partial charge in [-0.05, 0) is 30.9 Å². The summed E-state index contributed by atoms with van der Waals surface area (Å²) in [6.07, 6.45) is 11.0. The molecule has 1 aliphatic heterocycles. The van der Waals surface area contributed by atoms with Gasteiger partial charge in [0.05, 0.1) is 26.6 Å². The predicted octanol–water partition coefficient (Wildman–Crippen LogP) is 3.64. The highest BCUT2D eigenvalue weighted by molar-refractivity contribution is 5.81. The van der Waals surface area contributed by atoms with Crippen molar-refractivity contribution in [1.29, 1.82) is 0 Å². The lowest BCUT2D eigenvalue weighted by atomic mass is 9.73. The first kappa shape index (κ1) is 22.9. The number of aliphatic hydroxyl groups is 1. The van der Waals surface area contributed by atoms with E-state index in [4.69, 9.17) is 4.74 Å². The number of benzene rings is 1. The van der Waals surface area contributed by atoms with Crippen molar-refractivity contribution < 1.29 is 19.1 Å². The maximum atomic E-state index is 13.5. The molecule has 172 valence electrons. The van der Waals surface area contributed by atoms with Crippen molar-refractivity contribution in [3.63, 3.8) is 0 Å². The number of esters is 1. The molecule has 3 atom stereocenters. The number of carbonyl (C=O) groups is 1. The molecule has 0 amide bonds. The van der Waals surface area contributed by atoms with E-state index in [2.05, 4.69) is 17.0 Å². The molecule has 2 fully saturated rings. The van der Waals surface area contributed by atoms with E-state index in [9.17, 15) is 9.90 Å². The largest absolute Gasteiger partial charge is 0.454 e. The maximum Gasteiger partial charge on any atom is 0.343 e. The molecular formula is C26H36N3O3+. The Bertz CT molecular complexity index is 872. The van der Waals surface area contributed by atoms with Crippen molar-refractivity contribution in [3.8, 4) is 0 Å². The summed E-state index contributed by atoms with van der Waals surface area (Å²) in [7, 11) is 2.22. The van der Waals surface area contributed by atoms with Gasteiger partial charge in [0.25, 0.3) is 0 Å². The van der Waals surface area contributed by atoms with Gasteiger partial charge in [-0.2, -0.15) is 0 Å². The average Bonchev–Trinajstić information content (AvgIpc) is 2.84. The molecule has 1 N–H and O–H groups in total. The van der Waals surface area contributed by atoms with Gasteiger partial charge in [0.1, 0.15) is 12.4 Å². The first-order chi connectivity index (χ1) is 15.5. The summed E-state index contributed by atoms with van der Waals surface area (Å²) < 4.78 is 6.90. The summed E-state index contributed by atoms with van der Waals surface area (Å²) in [5.41, 5.74) is -0.911. The van der Waals surface area contributed by atoms with E-state index in [1.807, 2.05) is 36.4 Å². The van der Waals surface area contributed by atoms with Crippen LogP contribution >= 0.6 is 0 Å². The summed E-state index contributed by atoms with van der Waals surface area (Å²) >= 11 is 0. The molecule has 2 unspecified atom stereocenters. The van der Waals surface area contributed by atoms with E-state index in [0.29, 0.717) is 5.56 Å². The molecule has 1 saturated carbocycles. The van der Waals surface area contributed by atoms with Gasteiger partial charge in [-0.25, -0.2) is 14.8 Å². The van der Waals surface area contributed by atoms with Gasteiger partial charge in [-0.15, -0.1) is 0 Å². The third kappa shape index (κ3) is 5.18. The van der Waals surface area contributed by atoms with E-state index in [-0.39, 0.29) is 12.0 Å². The van der Waals surface area contributed by atoms with Gasteiger partial charge >= 0.3 is 5.97 Å². The average molecular weight is 439 g/mol. The summed E-state index contributed by atoms with van der Waals surface area (Å²) in [6, 6.07) is 11.2. The van der Waals surface area contributed by atoms with Crippen LogP contribution in [-0.4, -0.2) is 58.3 Å². The molecule has 0 radical (unpaired) electrons. The van der Waals surface area contributed by atoms with Crippen LogP contribution in [0.15, 0.2) is 48.8 Å². The fraction of sp³-hybridized carbons (Fsp3) is 0.577. The number of likely N-dealkylation sites (N-methyl/N-ethyl adjacent to an activating group) is 1. The number of quaternary nitrogens is 1. The molecule has 2 aliphatic rings. The highest BCUT2D eigenvalue weighted by Crippen LogP contribution is 2.41. The number of carbonyl (C=O) groups excluding carboxylic acids is 1. The summed E-state index contributed by atoms with van der Waals surface area (Å²) in [5, 5.41) is 11.8. The van der Waals surface area contributed by atoms with Crippen molar-refractivity contribution in [3.05, 3.63) is 60.2 Å². The molecule has 1 saturated heterocycles. The Balaban J connectivity index is 1.45. The van der Waals surface area contributed by atoms with Gasteiger partial charge in [-0.3, -0.25) is 0 Å². The van der Waals surface area contributed by atoms with Crippen molar-refractivity contribution >= 4 is 5.97 Å². The number of rotatable bonds is 7. The zero-order valence-electron chi connectivity index (χ0n) is 19.2. The van der Waals surface area contributed by atoms with Crippen LogP contribution in [0.25, 0.3) is 0 Å². The minimum Gasteiger partial charge on any atom is -0.454 e. The van der Waals surface area contributed by atoms with Gasteiger partial charge in [0.2, 0.25) is 0 Å². The normalized spacial score (nSPS) is 26.2. The Morgan fingerprint density at radius 2 is 1.78 bits per heavy atom. The second kappa shape index (κ2) is 10.1. The number of hydrogen-bond acceptors (Lipinski definition) is 5. The predicted molar refractivity (Wildman–Crippen MR) is 123 cm³/mol. The minimum absolute atomic E-state index is 0.0918. The molecule has 1 aliphatic carbocycles. The van der Waals surface area contributed by atoms with Crippen LogP contribution in [0.2, 0.25) is 0 Å². The van der Waals surface area contributed by atoms with Crippen molar-refractivity contribution in [2.24, 2.45) is 5.92 Å². The van der Waals surface area contributed by atoms with E-state index < -0.39 is 11.6 Å². The third-order valence-corrected chi connectivity index (χ3v) is 7.36. The van der Waals surface area contributed by atoms with Crippen LogP contribution in [0.4, 0.5) is 0 Å². The molecule has 1 aromatic carbocycles. The lowest BCUT2D eigenvalue weighted by Gasteiger charge is -2.42. The Morgan fingerprint density at radius 1 is 1.06 bits per heavy atom. The monoisotopic (exact) mass is 438 g/mol. The quantitative estimate of drug-likeness (QED) is 0.528. The van der Waals surface area contributed by atoms with Crippen LogP contribution in [0.1, 0.15) is 56.3 Å². The number of likely N-dealkylation sites (tertiary alicyclic amines) is 1. The smallest absolute Gasteiger partial charge is 0.343 e. The summed E-state index contributed by atoms with van der Waals surface area (Å²) in [4.78, 5) is 22.2. The van der Waals surface area contributed by atoms with Crippen LogP contribution in [0.3, 0.4) is 0 Å². The van der Waals surface area contributed by atoms with Crippen LogP contribution in [0, 0.1) is 5.92 Å². The topological polar surface area (TPSA) is 72.3 Å². The van der Waals surface area contributed by atoms with Crippen LogP contribution < -0.4 is 0 Å². The highest BCUT2D eigenvalue weighted by Gasteiger charge is 2.48. The minimum atomic E-state index is -1.57. The molecule has 6 nitrogen and oxygen atoms in total. The molecule has 4 rings (SSSR count).